The summed E-state index contributed by atoms with van der Waals surface area (Å²) in [7, 11) is 0. The summed E-state index contributed by atoms with van der Waals surface area (Å²) in [5.41, 5.74) is 5.52. The SMILES string of the molecule is CCc1ccc(-c2c(C)nn(CCC(=O)O)c2C)cc1. The number of aryl methyl sites for hydroxylation is 3. The molecule has 4 heteroatoms. The smallest absolute Gasteiger partial charge is 0.305 e. The third kappa shape index (κ3) is 2.90. The molecule has 20 heavy (non-hydrogen) atoms. The van der Waals surface area contributed by atoms with E-state index in [1.807, 2.05) is 13.8 Å². The number of carboxylic acids is 1. The van der Waals surface area contributed by atoms with E-state index in [1.165, 1.54) is 5.56 Å². The fourth-order valence-corrected chi connectivity index (χ4v) is 2.44. The number of carboxylic acid groups (broad SMARTS) is 1. The van der Waals surface area contributed by atoms with Gasteiger partial charge in [-0.2, -0.15) is 5.10 Å². The van der Waals surface area contributed by atoms with Gasteiger partial charge in [-0.25, -0.2) is 0 Å². The van der Waals surface area contributed by atoms with Crippen LogP contribution in [-0.4, -0.2) is 20.9 Å². The lowest BCUT2D eigenvalue weighted by Gasteiger charge is -2.05. The van der Waals surface area contributed by atoms with Crippen molar-refractivity contribution in [3.8, 4) is 11.1 Å². The average molecular weight is 272 g/mol. The maximum absolute atomic E-state index is 10.7. The minimum atomic E-state index is -0.800. The van der Waals surface area contributed by atoms with Gasteiger partial charge in [0.25, 0.3) is 0 Å². The zero-order chi connectivity index (χ0) is 14.7. The van der Waals surface area contributed by atoms with Crippen LogP contribution in [0, 0.1) is 13.8 Å². The Balaban J connectivity index is 2.33. The highest BCUT2D eigenvalue weighted by Gasteiger charge is 2.13. The van der Waals surface area contributed by atoms with Gasteiger partial charge in [0.15, 0.2) is 0 Å². The molecule has 0 spiro atoms. The monoisotopic (exact) mass is 272 g/mol. The van der Waals surface area contributed by atoms with E-state index in [4.69, 9.17) is 5.11 Å². The minimum Gasteiger partial charge on any atom is -0.481 e. The van der Waals surface area contributed by atoms with Crippen LogP contribution in [0.1, 0.15) is 30.3 Å². The van der Waals surface area contributed by atoms with E-state index in [1.54, 1.807) is 4.68 Å². The summed E-state index contributed by atoms with van der Waals surface area (Å²) in [6.45, 7) is 6.50. The van der Waals surface area contributed by atoms with Crippen LogP contribution in [0.25, 0.3) is 11.1 Å². The van der Waals surface area contributed by atoms with E-state index in [0.717, 1.165) is 28.9 Å². The van der Waals surface area contributed by atoms with Crippen LogP contribution in [0.15, 0.2) is 24.3 Å². The first-order valence-corrected chi connectivity index (χ1v) is 6.88. The van der Waals surface area contributed by atoms with E-state index in [9.17, 15) is 4.79 Å². The maximum Gasteiger partial charge on any atom is 0.305 e. The summed E-state index contributed by atoms with van der Waals surface area (Å²) < 4.78 is 1.78. The first-order valence-electron chi connectivity index (χ1n) is 6.88. The number of carbonyl (C=O) groups is 1. The van der Waals surface area contributed by atoms with Gasteiger partial charge in [-0.3, -0.25) is 9.48 Å². The molecule has 0 atom stereocenters. The minimum absolute atomic E-state index is 0.0934. The van der Waals surface area contributed by atoms with Crippen molar-refractivity contribution in [2.24, 2.45) is 0 Å². The summed E-state index contributed by atoms with van der Waals surface area (Å²) in [5, 5.41) is 13.2. The molecule has 0 unspecified atom stereocenters. The Kier molecular flexibility index (Phi) is 4.23. The molecule has 2 rings (SSSR count). The van der Waals surface area contributed by atoms with Crippen molar-refractivity contribution in [3.05, 3.63) is 41.2 Å². The van der Waals surface area contributed by atoms with Gasteiger partial charge in [-0.15, -0.1) is 0 Å². The van der Waals surface area contributed by atoms with Gasteiger partial charge < -0.3 is 5.11 Å². The molecule has 0 radical (unpaired) electrons. The van der Waals surface area contributed by atoms with Crippen LogP contribution in [0.2, 0.25) is 0 Å². The number of aromatic nitrogens is 2. The summed E-state index contributed by atoms with van der Waals surface area (Å²) >= 11 is 0. The zero-order valence-electron chi connectivity index (χ0n) is 12.2. The van der Waals surface area contributed by atoms with E-state index < -0.39 is 5.97 Å². The molecule has 0 aliphatic heterocycles. The maximum atomic E-state index is 10.7. The van der Waals surface area contributed by atoms with Crippen LogP contribution in [0.5, 0.6) is 0 Å². The van der Waals surface area contributed by atoms with Gasteiger partial charge >= 0.3 is 5.97 Å². The lowest BCUT2D eigenvalue weighted by Crippen LogP contribution is -2.07. The van der Waals surface area contributed by atoms with Crippen LogP contribution >= 0.6 is 0 Å². The Morgan fingerprint density at radius 2 is 1.90 bits per heavy atom. The second kappa shape index (κ2) is 5.90. The van der Waals surface area contributed by atoms with Crippen molar-refractivity contribution >= 4 is 5.97 Å². The number of nitrogens with zero attached hydrogens (tertiary/aromatic N) is 2. The van der Waals surface area contributed by atoms with E-state index in [0.29, 0.717) is 6.54 Å². The molecule has 1 aromatic heterocycles. The second-order valence-electron chi connectivity index (χ2n) is 4.96. The fourth-order valence-electron chi connectivity index (χ4n) is 2.44. The number of hydrogen-bond donors (Lipinski definition) is 1. The van der Waals surface area contributed by atoms with Crippen molar-refractivity contribution in [2.75, 3.05) is 0 Å². The third-order valence-corrected chi connectivity index (χ3v) is 3.57. The van der Waals surface area contributed by atoms with Gasteiger partial charge in [0, 0.05) is 11.3 Å². The molecule has 2 aromatic rings. The molecule has 0 fully saturated rings. The summed E-state index contributed by atoms with van der Waals surface area (Å²) in [6.07, 6.45) is 1.12. The molecule has 0 aliphatic rings. The number of rotatable bonds is 5. The van der Waals surface area contributed by atoms with Crippen molar-refractivity contribution < 1.29 is 9.90 Å². The van der Waals surface area contributed by atoms with Gasteiger partial charge in [-0.1, -0.05) is 31.2 Å². The van der Waals surface area contributed by atoms with Gasteiger partial charge in [-0.05, 0) is 31.4 Å². The quantitative estimate of drug-likeness (QED) is 0.909. The summed E-state index contributed by atoms with van der Waals surface area (Å²) in [5.74, 6) is -0.800. The highest BCUT2D eigenvalue weighted by atomic mass is 16.4. The largest absolute Gasteiger partial charge is 0.481 e. The molecule has 1 heterocycles. The molecular formula is C16H20N2O2. The molecule has 106 valence electrons. The predicted molar refractivity (Wildman–Crippen MR) is 78.8 cm³/mol. The predicted octanol–water partition coefficient (Wildman–Crippen LogP) is 3.20. The Hall–Kier alpha value is -2.10. The van der Waals surface area contributed by atoms with Crippen molar-refractivity contribution in [3.63, 3.8) is 0 Å². The Morgan fingerprint density at radius 1 is 1.25 bits per heavy atom. The normalized spacial score (nSPS) is 10.8. The summed E-state index contributed by atoms with van der Waals surface area (Å²) in [6, 6.07) is 8.47. The molecule has 0 saturated heterocycles. The first-order chi connectivity index (χ1) is 9.52. The lowest BCUT2D eigenvalue weighted by molar-refractivity contribution is -0.137. The third-order valence-electron chi connectivity index (χ3n) is 3.57. The molecule has 0 aliphatic carbocycles. The number of benzene rings is 1. The van der Waals surface area contributed by atoms with Crippen LogP contribution in [0.4, 0.5) is 0 Å². The zero-order valence-corrected chi connectivity index (χ0v) is 12.2. The van der Waals surface area contributed by atoms with E-state index in [-0.39, 0.29) is 6.42 Å². The summed E-state index contributed by atoms with van der Waals surface area (Å²) in [4.78, 5) is 10.7. The Morgan fingerprint density at radius 3 is 2.45 bits per heavy atom. The topological polar surface area (TPSA) is 55.1 Å². The highest BCUT2D eigenvalue weighted by Crippen LogP contribution is 2.27. The number of hydrogen-bond acceptors (Lipinski definition) is 2. The number of aliphatic carboxylic acids is 1. The highest BCUT2D eigenvalue weighted by molar-refractivity contribution is 5.69. The van der Waals surface area contributed by atoms with Crippen molar-refractivity contribution in [1.82, 2.24) is 9.78 Å². The van der Waals surface area contributed by atoms with Gasteiger partial charge in [0.1, 0.15) is 0 Å². The molecule has 1 aromatic carbocycles. The standard InChI is InChI=1S/C16H20N2O2/c1-4-13-5-7-14(8-6-13)16-11(2)17-18(12(16)3)10-9-15(19)20/h5-8H,4,9-10H2,1-3H3,(H,19,20). The first kappa shape index (κ1) is 14.3. The van der Waals surface area contributed by atoms with E-state index >= 15 is 0 Å². The van der Waals surface area contributed by atoms with Crippen LogP contribution in [-0.2, 0) is 17.8 Å². The van der Waals surface area contributed by atoms with Gasteiger partial charge in [0.05, 0.1) is 18.7 Å². The van der Waals surface area contributed by atoms with Crippen LogP contribution in [0.3, 0.4) is 0 Å². The lowest BCUT2D eigenvalue weighted by atomic mass is 10.0. The average Bonchev–Trinajstić information content (AvgIpc) is 2.71. The molecular weight excluding hydrogens is 252 g/mol. The van der Waals surface area contributed by atoms with Crippen LogP contribution < -0.4 is 0 Å². The molecule has 0 amide bonds. The molecule has 4 nitrogen and oxygen atoms in total. The molecule has 0 bridgehead atoms. The molecule has 0 saturated carbocycles. The fraction of sp³-hybridized carbons (Fsp3) is 0.375. The van der Waals surface area contributed by atoms with Gasteiger partial charge in [0.2, 0.25) is 0 Å². The van der Waals surface area contributed by atoms with Crippen molar-refractivity contribution in [2.45, 2.75) is 40.2 Å². The Bertz CT molecular complexity index is 612. The second-order valence-corrected chi connectivity index (χ2v) is 4.96. The molecule has 1 N–H and O–H groups in total. The van der Waals surface area contributed by atoms with E-state index in [2.05, 4.69) is 36.3 Å². The Labute approximate surface area is 119 Å². The van der Waals surface area contributed by atoms with Crippen molar-refractivity contribution in [1.29, 1.82) is 0 Å².